The summed E-state index contributed by atoms with van der Waals surface area (Å²) in [5.74, 6) is -0.927. The minimum absolute atomic E-state index is 0.111. The molecule has 37 heavy (non-hydrogen) atoms. The predicted octanol–water partition coefficient (Wildman–Crippen LogP) is 8.21. The van der Waals surface area contributed by atoms with Gasteiger partial charge >= 0.3 is 12.1 Å². The van der Waals surface area contributed by atoms with Crippen LogP contribution >= 0.6 is 11.6 Å². The number of carbonyl (C=O) groups is 1. The lowest BCUT2D eigenvalue weighted by molar-refractivity contribution is -0.138. The number of alkyl halides is 3. The van der Waals surface area contributed by atoms with Gasteiger partial charge in [0.05, 0.1) is 12.2 Å². The van der Waals surface area contributed by atoms with Crippen molar-refractivity contribution in [1.82, 2.24) is 4.98 Å². The highest BCUT2D eigenvalue weighted by molar-refractivity contribution is 6.77. The van der Waals surface area contributed by atoms with E-state index in [-0.39, 0.29) is 23.3 Å². The van der Waals surface area contributed by atoms with Crippen LogP contribution in [0.2, 0.25) is 21.6 Å². The van der Waals surface area contributed by atoms with Crippen LogP contribution in [0, 0.1) is 0 Å². The Morgan fingerprint density at radius 3 is 2.22 bits per heavy atom. The number of benzene rings is 1. The molecule has 0 saturated heterocycles. The SMILES string of the molecule is CC(C)[Si](OCCOc1ccc(C=CC(=O)O)c(Oc2ncc(C(F)(F)F)cc2Cl)c1)(C(C)C)C(C)C. The van der Waals surface area contributed by atoms with Gasteiger partial charge in [0.15, 0.2) is 8.32 Å². The van der Waals surface area contributed by atoms with Gasteiger partial charge in [-0.1, -0.05) is 53.1 Å². The maximum Gasteiger partial charge on any atom is 0.417 e. The number of pyridine rings is 1. The molecule has 1 N–H and O–H groups in total. The van der Waals surface area contributed by atoms with Gasteiger partial charge in [0, 0.05) is 23.9 Å². The number of aliphatic carboxylic acids is 1. The summed E-state index contributed by atoms with van der Waals surface area (Å²) in [6.45, 7) is 13.8. The third-order valence-electron chi connectivity index (χ3n) is 6.14. The fourth-order valence-electron chi connectivity index (χ4n) is 4.63. The second-order valence-electron chi connectivity index (χ2n) is 9.50. The number of ether oxygens (including phenoxy) is 2. The van der Waals surface area contributed by atoms with E-state index >= 15 is 0 Å². The Morgan fingerprint density at radius 1 is 1.08 bits per heavy atom. The fourth-order valence-corrected chi connectivity index (χ4v) is 10.3. The van der Waals surface area contributed by atoms with Crippen molar-refractivity contribution in [2.75, 3.05) is 13.2 Å². The number of carboxylic acids is 1. The van der Waals surface area contributed by atoms with Crippen molar-refractivity contribution in [2.24, 2.45) is 0 Å². The van der Waals surface area contributed by atoms with Crippen LogP contribution in [-0.4, -0.2) is 37.6 Å². The minimum atomic E-state index is -4.61. The van der Waals surface area contributed by atoms with Crippen LogP contribution in [0.3, 0.4) is 0 Å². The lowest BCUT2D eigenvalue weighted by Gasteiger charge is -2.42. The highest BCUT2D eigenvalue weighted by Crippen LogP contribution is 2.42. The van der Waals surface area contributed by atoms with Crippen LogP contribution in [-0.2, 0) is 15.4 Å². The molecule has 0 aliphatic carbocycles. The molecule has 0 bridgehead atoms. The van der Waals surface area contributed by atoms with E-state index in [1.807, 2.05) is 0 Å². The molecule has 0 spiro atoms. The molecule has 204 valence electrons. The van der Waals surface area contributed by atoms with Crippen molar-refractivity contribution in [1.29, 1.82) is 0 Å². The van der Waals surface area contributed by atoms with Gasteiger partial charge in [-0.25, -0.2) is 9.78 Å². The predicted molar refractivity (Wildman–Crippen MR) is 140 cm³/mol. The molecular weight excluding hydrogens is 527 g/mol. The van der Waals surface area contributed by atoms with Gasteiger partial charge in [-0.05, 0) is 40.9 Å². The number of hydrogen-bond donors (Lipinski definition) is 1. The molecule has 2 rings (SSSR count). The fraction of sp³-hybridized carbons (Fsp3) is 0.462. The summed E-state index contributed by atoms with van der Waals surface area (Å²) in [4.78, 5) is 14.7. The lowest BCUT2D eigenvalue weighted by Crippen LogP contribution is -2.48. The first-order valence-electron chi connectivity index (χ1n) is 11.9. The average molecular weight is 560 g/mol. The van der Waals surface area contributed by atoms with Crippen molar-refractivity contribution >= 4 is 32.0 Å². The Balaban J connectivity index is 2.25. The van der Waals surface area contributed by atoms with Gasteiger partial charge in [0.25, 0.3) is 0 Å². The molecule has 0 aliphatic heterocycles. The standard InChI is InChI=1S/C26H33ClF3NO5Si/c1-16(2)37(17(3)4,18(5)6)35-12-11-34-21-9-7-19(8-10-24(32)33)23(14-21)36-25-22(27)13-20(15-31-25)26(28,29)30/h7-10,13-18H,11-12H2,1-6H3,(H,32,33). The molecule has 0 saturated carbocycles. The zero-order chi connectivity index (χ0) is 28.0. The summed E-state index contributed by atoms with van der Waals surface area (Å²) in [6.07, 6.45) is -1.80. The Kier molecular flexibility index (Phi) is 10.6. The van der Waals surface area contributed by atoms with E-state index in [9.17, 15) is 18.0 Å². The number of hydrogen-bond acceptors (Lipinski definition) is 5. The van der Waals surface area contributed by atoms with Gasteiger partial charge in [-0.15, -0.1) is 0 Å². The van der Waals surface area contributed by atoms with E-state index in [1.165, 1.54) is 12.1 Å². The highest BCUT2D eigenvalue weighted by Gasteiger charge is 2.44. The molecule has 11 heteroatoms. The largest absolute Gasteiger partial charge is 0.491 e. The molecule has 0 radical (unpaired) electrons. The van der Waals surface area contributed by atoms with Gasteiger partial charge in [0.1, 0.15) is 23.1 Å². The first-order valence-corrected chi connectivity index (χ1v) is 14.4. The molecule has 1 aromatic carbocycles. The number of carboxylic acid groups (broad SMARTS) is 1. The number of aromatic nitrogens is 1. The van der Waals surface area contributed by atoms with Crippen molar-refractivity contribution in [3.8, 4) is 17.4 Å². The Labute approximate surface area is 221 Å². The maximum absolute atomic E-state index is 12.9. The van der Waals surface area contributed by atoms with Crippen LogP contribution in [0.1, 0.15) is 52.7 Å². The molecule has 0 atom stereocenters. The number of nitrogens with zero attached hydrogens (tertiary/aromatic N) is 1. The maximum atomic E-state index is 12.9. The topological polar surface area (TPSA) is 77.9 Å². The smallest absolute Gasteiger partial charge is 0.417 e. The Morgan fingerprint density at radius 2 is 1.70 bits per heavy atom. The Hall–Kier alpha value is -2.56. The van der Waals surface area contributed by atoms with Crippen LogP contribution in [0.15, 0.2) is 36.5 Å². The van der Waals surface area contributed by atoms with E-state index in [2.05, 4.69) is 46.5 Å². The van der Waals surface area contributed by atoms with Crippen molar-refractivity contribution in [3.05, 3.63) is 52.7 Å². The first-order chi connectivity index (χ1) is 17.2. The van der Waals surface area contributed by atoms with Crippen LogP contribution in [0.4, 0.5) is 13.2 Å². The van der Waals surface area contributed by atoms with Gasteiger partial charge in [-0.3, -0.25) is 0 Å². The second-order valence-corrected chi connectivity index (χ2v) is 15.4. The number of rotatable bonds is 12. The summed E-state index contributed by atoms with van der Waals surface area (Å²) in [7, 11) is -2.06. The van der Waals surface area contributed by atoms with E-state index in [0.29, 0.717) is 46.8 Å². The molecule has 0 amide bonds. The molecule has 2 aromatic rings. The molecule has 0 aliphatic rings. The minimum Gasteiger partial charge on any atom is -0.491 e. The molecule has 6 nitrogen and oxygen atoms in total. The van der Waals surface area contributed by atoms with Crippen LogP contribution in [0.25, 0.3) is 6.08 Å². The molecule has 0 unspecified atom stereocenters. The van der Waals surface area contributed by atoms with Crippen LogP contribution < -0.4 is 9.47 Å². The normalized spacial score (nSPS) is 12.7. The Bertz CT molecular complexity index is 1080. The van der Waals surface area contributed by atoms with Crippen molar-refractivity contribution in [3.63, 3.8) is 0 Å². The zero-order valence-electron chi connectivity index (χ0n) is 21.7. The summed E-state index contributed by atoms with van der Waals surface area (Å²) >= 11 is 5.98. The van der Waals surface area contributed by atoms with E-state index in [1.54, 1.807) is 12.1 Å². The molecule has 1 heterocycles. The number of halogens is 4. The second kappa shape index (κ2) is 12.8. The monoisotopic (exact) mass is 559 g/mol. The molecule has 0 fully saturated rings. The quantitative estimate of drug-likeness (QED) is 0.160. The molecule has 1 aromatic heterocycles. The zero-order valence-corrected chi connectivity index (χ0v) is 23.5. The van der Waals surface area contributed by atoms with E-state index in [0.717, 1.165) is 6.08 Å². The van der Waals surface area contributed by atoms with E-state index in [4.69, 9.17) is 30.6 Å². The summed E-state index contributed by atoms with van der Waals surface area (Å²) in [5, 5.41) is 8.64. The average Bonchev–Trinajstić information content (AvgIpc) is 2.78. The van der Waals surface area contributed by atoms with E-state index < -0.39 is 26.0 Å². The van der Waals surface area contributed by atoms with Gasteiger partial charge in [-0.2, -0.15) is 13.2 Å². The first kappa shape index (κ1) is 30.7. The summed E-state index contributed by atoms with van der Waals surface area (Å²) in [5.41, 5.74) is 0.600. The van der Waals surface area contributed by atoms with Crippen molar-refractivity contribution < 1.29 is 37.0 Å². The summed E-state index contributed by atoms with van der Waals surface area (Å²) in [6, 6.07) is 5.41. The van der Waals surface area contributed by atoms with Gasteiger partial charge in [0.2, 0.25) is 5.88 Å². The van der Waals surface area contributed by atoms with Crippen molar-refractivity contribution in [2.45, 2.75) is 64.3 Å². The highest BCUT2D eigenvalue weighted by atomic mass is 35.5. The molecular formula is C26H33ClF3NO5Si. The van der Waals surface area contributed by atoms with Gasteiger partial charge < -0.3 is 19.0 Å². The third-order valence-corrected chi connectivity index (χ3v) is 12.5. The lowest BCUT2D eigenvalue weighted by atomic mass is 10.1. The summed E-state index contributed by atoms with van der Waals surface area (Å²) < 4.78 is 56.9. The van der Waals surface area contributed by atoms with Crippen LogP contribution in [0.5, 0.6) is 17.4 Å². The third kappa shape index (κ3) is 7.96.